The molecule has 0 saturated heterocycles. The number of anilines is 2. The standard InChI is InChI=1S/C17H18Cl2N2O3S/c1-3-15(17(22)20-16-13(18)10-7-11-14(16)19)21(25(2,23)24)12-8-5-4-6-9-12/h4-11,15H,3H2,1-2H3,(H,20,22)/t15-/m0/s1. The number of carbonyl (C=O) groups excluding carboxylic acids is 1. The summed E-state index contributed by atoms with van der Waals surface area (Å²) in [5.41, 5.74) is 0.674. The Bertz CT molecular complexity index is 837. The number of hydrogen-bond acceptors (Lipinski definition) is 3. The fourth-order valence-electron chi connectivity index (χ4n) is 2.46. The fourth-order valence-corrected chi connectivity index (χ4v) is 4.16. The quantitative estimate of drug-likeness (QED) is 0.790. The molecule has 0 bridgehead atoms. The maximum absolute atomic E-state index is 12.8. The molecule has 1 atom stereocenters. The van der Waals surface area contributed by atoms with Crippen molar-refractivity contribution >= 4 is 50.5 Å². The van der Waals surface area contributed by atoms with E-state index in [1.807, 2.05) is 0 Å². The first-order chi connectivity index (χ1) is 11.8. The molecule has 0 heterocycles. The van der Waals surface area contributed by atoms with Gasteiger partial charge in [-0.3, -0.25) is 9.10 Å². The number of nitrogens with zero attached hydrogens (tertiary/aromatic N) is 1. The highest BCUT2D eigenvalue weighted by molar-refractivity contribution is 7.92. The fraction of sp³-hybridized carbons (Fsp3) is 0.235. The Kier molecular flexibility index (Phi) is 6.32. The summed E-state index contributed by atoms with van der Waals surface area (Å²) in [6.45, 7) is 1.74. The van der Waals surface area contributed by atoms with E-state index in [0.29, 0.717) is 5.69 Å². The van der Waals surface area contributed by atoms with E-state index in [0.717, 1.165) is 10.6 Å². The lowest BCUT2D eigenvalue weighted by atomic mass is 10.2. The van der Waals surface area contributed by atoms with Crippen molar-refractivity contribution in [2.24, 2.45) is 0 Å². The zero-order valence-electron chi connectivity index (χ0n) is 13.7. The van der Waals surface area contributed by atoms with Crippen molar-refractivity contribution in [1.82, 2.24) is 0 Å². The Hall–Kier alpha value is -1.76. The highest BCUT2D eigenvalue weighted by Gasteiger charge is 2.31. The summed E-state index contributed by atoms with van der Waals surface area (Å²) >= 11 is 12.2. The van der Waals surface area contributed by atoms with Gasteiger partial charge in [0.25, 0.3) is 0 Å². The van der Waals surface area contributed by atoms with Gasteiger partial charge in [0.15, 0.2) is 0 Å². The Morgan fingerprint density at radius 1 is 1.08 bits per heavy atom. The van der Waals surface area contributed by atoms with Crippen molar-refractivity contribution in [3.05, 3.63) is 58.6 Å². The number of hydrogen-bond donors (Lipinski definition) is 1. The Balaban J connectivity index is 2.40. The number of carbonyl (C=O) groups is 1. The molecule has 134 valence electrons. The zero-order valence-corrected chi connectivity index (χ0v) is 16.1. The number of nitrogens with one attached hydrogen (secondary N) is 1. The van der Waals surface area contributed by atoms with Gasteiger partial charge in [0.2, 0.25) is 15.9 Å². The predicted molar refractivity (Wildman–Crippen MR) is 103 cm³/mol. The molecule has 25 heavy (non-hydrogen) atoms. The SMILES string of the molecule is CC[C@@H](C(=O)Nc1c(Cl)cccc1Cl)N(c1ccccc1)S(C)(=O)=O. The third-order valence-electron chi connectivity index (χ3n) is 3.55. The minimum Gasteiger partial charge on any atom is -0.322 e. The molecule has 2 rings (SSSR count). The van der Waals surface area contributed by atoms with Crippen LogP contribution in [-0.2, 0) is 14.8 Å². The van der Waals surface area contributed by atoms with Gasteiger partial charge >= 0.3 is 0 Å². The summed E-state index contributed by atoms with van der Waals surface area (Å²) in [4.78, 5) is 12.8. The topological polar surface area (TPSA) is 66.5 Å². The molecule has 0 aliphatic heterocycles. The average molecular weight is 401 g/mol. The summed E-state index contributed by atoms with van der Waals surface area (Å²) in [5, 5.41) is 3.20. The van der Waals surface area contributed by atoms with Crippen LogP contribution in [0.4, 0.5) is 11.4 Å². The van der Waals surface area contributed by atoms with Gasteiger partial charge in [-0.15, -0.1) is 0 Å². The Labute approximate surface area is 157 Å². The molecule has 0 fully saturated rings. The molecule has 1 N–H and O–H groups in total. The largest absolute Gasteiger partial charge is 0.322 e. The van der Waals surface area contributed by atoms with Gasteiger partial charge in [-0.1, -0.05) is 54.4 Å². The molecule has 0 spiro atoms. The molecule has 0 aliphatic carbocycles. The van der Waals surface area contributed by atoms with Crippen LogP contribution in [0.15, 0.2) is 48.5 Å². The molecule has 8 heteroatoms. The van der Waals surface area contributed by atoms with E-state index in [1.54, 1.807) is 55.5 Å². The summed E-state index contributed by atoms with van der Waals surface area (Å²) in [5.74, 6) is -0.508. The second-order valence-electron chi connectivity index (χ2n) is 5.40. The summed E-state index contributed by atoms with van der Waals surface area (Å²) in [6.07, 6.45) is 1.34. The van der Waals surface area contributed by atoms with Crippen LogP contribution in [0.3, 0.4) is 0 Å². The van der Waals surface area contributed by atoms with Gasteiger partial charge in [-0.05, 0) is 30.7 Å². The second kappa shape index (κ2) is 8.08. The zero-order chi connectivity index (χ0) is 18.6. The summed E-state index contributed by atoms with van der Waals surface area (Å²) in [7, 11) is -3.68. The lowest BCUT2D eigenvalue weighted by Crippen LogP contribution is -2.47. The van der Waals surface area contributed by atoms with E-state index in [4.69, 9.17) is 23.2 Å². The maximum atomic E-state index is 12.8. The molecule has 2 aromatic rings. The monoisotopic (exact) mass is 400 g/mol. The molecule has 0 unspecified atom stereocenters. The first-order valence-corrected chi connectivity index (χ1v) is 10.2. The number of amides is 1. The first-order valence-electron chi connectivity index (χ1n) is 7.55. The minimum absolute atomic E-state index is 0.260. The molecular formula is C17H18Cl2N2O3S. The van der Waals surface area contributed by atoms with Crippen molar-refractivity contribution in [3.63, 3.8) is 0 Å². The Morgan fingerprint density at radius 2 is 1.64 bits per heavy atom. The summed E-state index contributed by atoms with van der Waals surface area (Å²) < 4.78 is 25.7. The average Bonchev–Trinajstić information content (AvgIpc) is 2.55. The van der Waals surface area contributed by atoms with Crippen molar-refractivity contribution in [2.45, 2.75) is 19.4 Å². The van der Waals surface area contributed by atoms with Crippen LogP contribution in [0.1, 0.15) is 13.3 Å². The number of halogens is 2. The van der Waals surface area contributed by atoms with Crippen LogP contribution < -0.4 is 9.62 Å². The van der Waals surface area contributed by atoms with Crippen LogP contribution in [0, 0.1) is 0 Å². The van der Waals surface area contributed by atoms with Crippen molar-refractivity contribution in [2.75, 3.05) is 15.9 Å². The van der Waals surface area contributed by atoms with Gasteiger partial charge < -0.3 is 5.32 Å². The van der Waals surface area contributed by atoms with Crippen LogP contribution in [0.5, 0.6) is 0 Å². The van der Waals surface area contributed by atoms with E-state index in [9.17, 15) is 13.2 Å². The van der Waals surface area contributed by atoms with Crippen LogP contribution >= 0.6 is 23.2 Å². The van der Waals surface area contributed by atoms with Gasteiger partial charge in [0, 0.05) is 0 Å². The molecule has 0 saturated carbocycles. The minimum atomic E-state index is -3.68. The highest BCUT2D eigenvalue weighted by atomic mass is 35.5. The molecule has 0 radical (unpaired) electrons. The van der Waals surface area contributed by atoms with E-state index in [1.165, 1.54) is 0 Å². The third-order valence-corrected chi connectivity index (χ3v) is 5.36. The normalized spacial score (nSPS) is 12.5. The molecule has 0 aliphatic rings. The number of para-hydroxylation sites is 2. The van der Waals surface area contributed by atoms with Gasteiger partial charge in [-0.2, -0.15) is 0 Å². The van der Waals surface area contributed by atoms with Crippen LogP contribution in [0.25, 0.3) is 0 Å². The third kappa shape index (κ3) is 4.66. The van der Waals surface area contributed by atoms with Crippen molar-refractivity contribution in [3.8, 4) is 0 Å². The van der Waals surface area contributed by atoms with Crippen LogP contribution in [0.2, 0.25) is 10.0 Å². The summed E-state index contributed by atoms with van der Waals surface area (Å²) in [6, 6.07) is 12.4. The van der Waals surface area contributed by atoms with Crippen molar-refractivity contribution in [1.29, 1.82) is 0 Å². The number of rotatable bonds is 6. The van der Waals surface area contributed by atoms with Crippen molar-refractivity contribution < 1.29 is 13.2 Å². The van der Waals surface area contributed by atoms with E-state index < -0.39 is 22.0 Å². The van der Waals surface area contributed by atoms with Crippen LogP contribution in [-0.4, -0.2) is 26.6 Å². The number of sulfonamides is 1. The first kappa shape index (κ1) is 19.6. The van der Waals surface area contributed by atoms with E-state index in [-0.39, 0.29) is 22.2 Å². The van der Waals surface area contributed by atoms with Gasteiger partial charge in [0.1, 0.15) is 6.04 Å². The molecule has 2 aromatic carbocycles. The molecular weight excluding hydrogens is 383 g/mol. The highest BCUT2D eigenvalue weighted by Crippen LogP contribution is 2.31. The Morgan fingerprint density at radius 3 is 2.12 bits per heavy atom. The lowest BCUT2D eigenvalue weighted by Gasteiger charge is -2.30. The second-order valence-corrected chi connectivity index (χ2v) is 8.08. The predicted octanol–water partition coefficient (Wildman–Crippen LogP) is 4.18. The smallest absolute Gasteiger partial charge is 0.248 e. The molecule has 1 amide bonds. The van der Waals surface area contributed by atoms with Gasteiger partial charge in [0.05, 0.1) is 27.7 Å². The molecule has 0 aromatic heterocycles. The number of benzene rings is 2. The lowest BCUT2D eigenvalue weighted by molar-refractivity contribution is -0.117. The van der Waals surface area contributed by atoms with E-state index >= 15 is 0 Å². The maximum Gasteiger partial charge on any atom is 0.248 e. The van der Waals surface area contributed by atoms with Gasteiger partial charge in [-0.25, -0.2) is 8.42 Å². The van der Waals surface area contributed by atoms with E-state index in [2.05, 4.69) is 5.32 Å². The molecule has 5 nitrogen and oxygen atoms in total.